The van der Waals surface area contributed by atoms with E-state index in [0.717, 1.165) is 29.8 Å². The fourth-order valence-corrected chi connectivity index (χ4v) is 4.14. The second kappa shape index (κ2) is 10.5. The second-order valence-electron chi connectivity index (χ2n) is 8.67. The van der Waals surface area contributed by atoms with Gasteiger partial charge in [-0.3, -0.25) is 9.69 Å². The third-order valence-electron chi connectivity index (χ3n) is 6.07. The van der Waals surface area contributed by atoms with Crippen LogP contribution in [0.1, 0.15) is 34.2 Å². The summed E-state index contributed by atoms with van der Waals surface area (Å²) in [4.78, 5) is 14.9. The molecule has 0 aromatic heterocycles. The van der Waals surface area contributed by atoms with E-state index in [2.05, 4.69) is 61.2 Å². The third kappa shape index (κ3) is 5.91. The maximum atomic E-state index is 12.6. The molecule has 0 amide bonds. The number of carbonyl (C=O) groups is 1. The fraction of sp³-hybridized carbons (Fsp3) is 0.276. The van der Waals surface area contributed by atoms with Crippen molar-refractivity contribution in [2.75, 3.05) is 20.2 Å². The van der Waals surface area contributed by atoms with Gasteiger partial charge in [0.1, 0.15) is 6.61 Å². The highest BCUT2D eigenvalue weighted by Crippen LogP contribution is 2.30. The number of hydrogen-bond acceptors (Lipinski definition) is 4. The van der Waals surface area contributed by atoms with Crippen molar-refractivity contribution in [3.05, 3.63) is 100 Å². The number of likely N-dealkylation sites (tertiary alicyclic amines) is 1. The SMILES string of the molecule is COc1cc(/C=C2\CN(Cc3ccccc3)CCC2=O)ccc1OCc1cc(C)ccc1C. The number of nitrogens with zero attached hydrogens (tertiary/aromatic N) is 1. The molecule has 0 unspecified atom stereocenters. The summed E-state index contributed by atoms with van der Waals surface area (Å²) in [6.45, 7) is 6.95. The summed E-state index contributed by atoms with van der Waals surface area (Å²) in [6, 6.07) is 22.6. The Morgan fingerprint density at radius 3 is 2.58 bits per heavy atom. The first kappa shape index (κ1) is 22.8. The lowest BCUT2D eigenvalue weighted by molar-refractivity contribution is -0.117. The summed E-state index contributed by atoms with van der Waals surface area (Å²) < 4.78 is 11.7. The lowest BCUT2D eigenvalue weighted by Crippen LogP contribution is -2.35. The fourth-order valence-electron chi connectivity index (χ4n) is 4.14. The molecule has 0 N–H and O–H groups in total. The van der Waals surface area contributed by atoms with E-state index in [4.69, 9.17) is 9.47 Å². The minimum absolute atomic E-state index is 0.216. The Bertz CT molecular complexity index is 1150. The lowest BCUT2D eigenvalue weighted by Gasteiger charge is -2.28. The van der Waals surface area contributed by atoms with Crippen LogP contribution in [0.5, 0.6) is 11.5 Å². The molecule has 0 radical (unpaired) electrons. The number of benzene rings is 3. The van der Waals surface area contributed by atoms with Crippen LogP contribution in [-0.2, 0) is 17.9 Å². The first-order chi connectivity index (χ1) is 16.0. The molecule has 3 aromatic carbocycles. The molecule has 0 bridgehead atoms. The minimum atomic E-state index is 0.216. The molecule has 4 heteroatoms. The van der Waals surface area contributed by atoms with Crippen LogP contribution >= 0.6 is 0 Å². The molecule has 0 atom stereocenters. The van der Waals surface area contributed by atoms with Gasteiger partial charge in [-0.2, -0.15) is 0 Å². The average molecular weight is 442 g/mol. The smallest absolute Gasteiger partial charge is 0.161 e. The predicted octanol–water partition coefficient (Wildman–Crippen LogP) is 5.75. The van der Waals surface area contributed by atoms with Crippen LogP contribution < -0.4 is 9.47 Å². The van der Waals surface area contributed by atoms with Crippen LogP contribution in [-0.4, -0.2) is 30.9 Å². The Balaban J connectivity index is 1.47. The van der Waals surface area contributed by atoms with E-state index in [-0.39, 0.29) is 5.78 Å². The number of aryl methyl sites for hydroxylation is 2. The number of methoxy groups -OCH3 is 1. The molecule has 1 aliphatic heterocycles. The molecular weight excluding hydrogens is 410 g/mol. The summed E-state index contributed by atoms with van der Waals surface area (Å²) in [7, 11) is 1.64. The van der Waals surface area contributed by atoms with Crippen molar-refractivity contribution in [1.82, 2.24) is 4.90 Å². The van der Waals surface area contributed by atoms with E-state index in [0.29, 0.717) is 31.1 Å². The molecule has 0 spiro atoms. The highest BCUT2D eigenvalue weighted by atomic mass is 16.5. The van der Waals surface area contributed by atoms with Crippen LogP contribution in [0.3, 0.4) is 0 Å². The first-order valence-electron chi connectivity index (χ1n) is 11.4. The Labute approximate surface area is 196 Å². The zero-order valence-electron chi connectivity index (χ0n) is 19.6. The molecule has 33 heavy (non-hydrogen) atoms. The van der Waals surface area contributed by atoms with Gasteiger partial charge in [0.2, 0.25) is 0 Å². The van der Waals surface area contributed by atoms with E-state index in [1.54, 1.807) is 7.11 Å². The number of Topliss-reactive ketones (excluding diaryl/α,β-unsaturated/α-hetero) is 1. The van der Waals surface area contributed by atoms with Crippen LogP contribution in [0, 0.1) is 13.8 Å². The topological polar surface area (TPSA) is 38.8 Å². The van der Waals surface area contributed by atoms with Crippen molar-refractivity contribution in [3.63, 3.8) is 0 Å². The lowest BCUT2D eigenvalue weighted by atomic mass is 9.99. The van der Waals surface area contributed by atoms with Crippen molar-refractivity contribution < 1.29 is 14.3 Å². The van der Waals surface area contributed by atoms with Gasteiger partial charge in [0.15, 0.2) is 17.3 Å². The van der Waals surface area contributed by atoms with Gasteiger partial charge in [-0.1, -0.05) is 60.2 Å². The Morgan fingerprint density at radius 2 is 1.79 bits per heavy atom. The van der Waals surface area contributed by atoms with Crippen molar-refractivity contribution in [2.24, 2.45) is 0 Å². The number of piperidine rings is 1. The summed E-state index contributed by atoms with van der Waals surface area (Å²) in [6.07, 6.45) is 2.53. The highest BCUT2D eigenvalue weighted by molar-refractivity contribution is 6.00. The summed E-state index contributed by atoms with van der Waals surface area (Å²) >= 11 is 0. The average Bonchev–Trinajstić information content (AvgIpc) is 2.83. The van der Waals surface area contributed by atoms with Gasteiger partial charge in [0, 0.05) is 31.6 Å². The summed E-state index contributed by atoms with van der Waals surface area (Å²) in [5, 5.41) is 0. The molecule has 0 saturated carbocycles. The molecule has 4 nitrogen and oxygen atoms in total. The van der Waals surface area contributed by atoms with E-state index < -0.39 is 0 Å². The van der Waals surface area contributed by atoms with Gasteiger partial charge in [-0.15, -0.1) is 0 Å². The van der Waals surface area contributed by atoms with Gasteiger partial charge in [0.25, 0.3) is 0 Å². The molecule has 3 aromatic rings. The zero-order chi connectivity index (χ0) is 23.2. The summed E-state index contributed by atoms with van der Waals surface area (Å²) in [5.74, 6) is 1.58. The van der Waals surface area contributed by atoms with Crippen LogP contribution in [0.4, 0.5) is 0 Å². The van der Waals surface area contributed by atoms with Gasteiger partial charge < -0.3 is 9.47 Å². The second-order valence-corrected chi connectivity index (χ2v) is 8.67. The van der Waals surface area contributed by atoms with Crippen LogP contribution in [0.2, 0.25) is 0 Å². The van der Waals surface area contributed by atoms with Crippen molar-refractivity contribution in [1.29, 1.82) is 0 Å². The number of ketones is 1. The molecule has 1 aliphatic rings. The summed E-state index contributed by atoms with van der Waals surface area (Å²) in [5.41, 5.74) is 6.62. The van der Waals surface area contributed by atoms with Gasteiger partial charge in [-0.05, 0) is 54.3 Å². The quantitative estimate of drug-likeness (QED) is 0.438. The molecule has 1 fully saturated rings. The van der Waals surface area contributed by atoms with Gasteiger partial charge >= 0.3 is 0 Å². The first-order valence-corrected chi connectivity index (χ1v) is 11.4. The van der Waals surface area contributed by atoms with Crippen LogP contribution in [0.25, 0.3) is 6.08 Å². The van der Waals surface area contributed by atoms with Crippen molar-refractivity contribution >= 4 is 11.9 Å². The molecule has 4 rings (SSSR count). The zero-order valence-corrected chi connectivity index (χ0v) is 19.6. The number of rotatable bonds is 7. The third-order valence-corrected chi connectivity index (χ3v) is 6.07. The predicted molar refractivity (Wildman–Crippen MR) is 133 cm³/mol. The standard InChI is InChI=1S/C29H31NO3/c1-21-9-10-22(2)26(15-21)20-33-28-12-11-24(17-29(28)32-3)16-25-19-30(14-13-27(25)31)18-23-7-5-4-6-8-23/h4-12,15-17H,13-14,18-20H2,1-3H3/b25-16+. The molecule has 170 valence electrons. The maximum absolute atomic E-state index is 12.6. The number of ether oxygens (including phenoxy) is 2. The monoisotopic (exact) mass is 441 g/mol. The highest BCUT2D eigenvalue weighted by Gasteiger charge is 2.21. The Kier molecular flexibility index (Phi) is 7.26. The number of hydrogen-bond donors (Lipinski definition) is 0. The Morgan fingerprint density at radius 1 is 0.970 bits per heavy atom. The normalized spacial score (nSPS) is 15.6. The molecule has 1 heterocycles. The van der Waals surface area contributed by atoms with Gasteiger partial charge in [0.05, 0.1) is 7.11 Å². The maximum Gasteiger partial charge on any atom is 0.161 e. The van der Waals surface area contributed by atoms with E-state index in [1.165, 1.54) is 16.7 Å². The van der Waals surface area contributed by atoms with Crippen LogP contribution in [0.15, 0.2) is 72.3 Å². The largest absolute Gasteiger partial charge is 0.493 e. The molecule has 0 aliphatic carbocycles. The van der Waals surface area contributed by atoms with E-state index in [9.17, 15) is 4.79 Å². The van der Waals surface area contributed by atoms with Gasteiger partial charge in [-0.25, -0.2) is 0 Å². The van der Waals surface area contributed by atoms with Crippen molar-refractivity contribution in [2.45, 2.75) is 33.4 Å². The van der Waals surface area contributed by atoms with E-state index in [1.807, 2.05) is 30.3 Å². The molecule has 1 saturated heterocycles. The number of carbonyl (C=O) groups excluding carboxylic acids is 1. The van der Waals surface area contributed by atoms with E-state index >= 15 is 0 Å². The molecular formula is C29H31NO3. The van der Waals surface area contributed by atoms with Crippen molar-refractivity contribution in [3.8, 4) is 11.5 Å². The Hall–Kier alpha value is -3.37. The minimum Gasteiger partial charge on any atom is -0.493 e.